The zero-order chi connectivity index (χ0) is 8.85. The Bertz CT molecular complexity index is 128. The maximum Gasteiger partial charge on any atom is 0.149 e. The van der Waals surface area contributed by atoms with Crippen molar-refractivity contribution in [1.82, 2.24) is 5.48 Å². The molecule has 1 unspecified atom stereocenters. The topological polar surface area (TPSA) is 38.3 Å². The van der Waals surface area contributed by atoms with Crippen molar-refractivity contribution in [3.63, 3.8) is 0 Å². The third-order valence-electron chi connectivity index (χ3n) is 1.36. The van der Waals surface area contributed by atoms with Crippen LogP contribution >= 0.6 is 12.0 Å². The largest absolute Gasteiger partial charge is 0.298 e. The van der Waals surface area contributed by atoms with Gasteiger partial charge in [0.05, 0.1) is 6.04 Å². The molecule has 0 radical (unpaired) electrons. The summed E-state index contributed by atoms with van der Waals surface area (Å²) in [4.78, 5) is 10.9. The molecule has 0 spiro atoms. The van der Waals surface area contributed by atoms with Crippen molar-refractivity contribution in [1.29, 1.82) is 0 Å². The first-order valence-corrected chi connectivity index (χ1v) is 4.70. The first-order valence-electron chi connectivity index (χ1n) is 3.55. The van der Waals surface area contributed by atoms with Crippen LogP contribution in [0.25, 0.3) is 0 Å². The van der Waals surface area contributed by atoms with Crippen LogP contribution in [-0.2, 0) is 9.08 Å². The number of hydrogen-bond donors (Lipinski definition) is 1. The molecule has 1 N–H and O–H groups in total. The van der Waals surface area contributed by atoms with Gasteiger partial charge in [0.2, 0.25) is 0 Å². The Morgan fingerprint density at radius 2 is 2.09 bits per heavy atom. The monoisotopic (exact) mass is 177 g/mol. The van der Waals surface area contributed by atoms with E-state index in [1.807, 2.05) is 13.8 Å². The molecule has 4 heteroatoms. The van der Waals surface area contributed by atoms with Gasteiger partial charge in [-0.3, -0.25) is 4.79 Å². The van der Waals surface area contributed by atoms with Gasteiger partial charge in [0, 0.05) is 18.3 Å². The number of hydrogen-bond acceptors (Lipinski definition) is 4. The highest BCUT2D eigenvalue weighted by atomic mass is 32.2. The van der Waals surface area contributed by atoms with Crippen molar-refractivity contribution in [3.8, 4) is 0 Å². The fourth-order valence-electron chi connectivity index (χ4n) is 0.788. The lowest BCUT2D eigenvalue weighted by Gasteiger charge is -2.17. The zero-order valence-electron chi connectivity index (χ0n) is 7.38. The number of carbonyl (C=O) groups is 1. The number of hydroxylamine groups is 1. The zero-order valence-corrected chi connectivity index (χ0v) is 8.20. The Kier molecular flexibility index (Phi) is 5.54. The maximum absolute atomic E-state index is 10.9. The molecule has 0 aliphatic rings. The molecule has 0 aliphatic carbocycles. The lowest BCUT2D eigenvalue weighted by Crippen LogP contribution is -2.38. The second-order valence-electron chi connectivity index (χ2n) is 2.70. The second kappa shape index (κ2) is 5.57. The average molecular weight is 177 g/mol. The van der Waals surface area contributed by atoms with E-state index in [1.54, 1.807) is 13.2 Å². The van der Waals surface area contributed by atoms with Crippen molar-refractivity contribution in [2.45, 2.75) is 26.8 Å². The average Bonchev–Trinajstić information content (AvgIpc) is 1.87. The molecule has 0 bridgehead atoms. The third kappa shape index (κ3) is 4.40. The van der Waals surface area contributed by atoms with Gasteiger partial charge in [0.15, 0.2) is 0 Å². The normalized spacial score (nSPS) is 13.5. The van der Waals surface area contributed by atoms with E-state index in [0.29, 0.717) is 0 Å². The van der Waals surface area contributed by atoms with E-state index in [2.05, 4.69) is 5.48 Å². The first kappa shape index (κ1) is 10.9. The molecule has 0 aromatic heterocycles. The van der Waals surface area contributed by atoms with E-state index < -0.39 is 0 Å². The SMILES string of the molecule is CSONC(C(C)=O)C(C)C. The standard InChI is InChI=1S/C7H15NO2S/c1-5(2)7(6(3)9)8-10-11-4/h5,7-8H,1-4H3. The summed E-state index contributed by atoms with van der Waals surface area (Å²) in [5.74, 6) is 0.369. The van der Waals surface area contributed by atoms with Crippen LogP contribution in [0.2, 0.25) is 0 Å². The van der Waals surface area contributed by atoms with E-state index in [9.17, 15) is 4.79 Å². The fraction of sp³-hybridized carbons (Fsp3) is 0.857. The summed E-state index contributed by atoms with van der Waals surface area (Å²) < 4.78 is 4.86. The van der Waals surface area contributed by atoms with Crippen LogP contribution < -0.4 is 5.48 Å². The first-order chi connectivity index (χ1) is 5.09. The lowest BCUT2D eigenvalue weighted by atomic mass is 10.0. The van der Waals surface area contributed by atoms with E-state index in [0.717, 1.165) is 0 Å². The summed E-state index contributed by atoms with van der Waals surface area (Å²) in [7, 11) is 0. The summed E-state index contributed by atoms with van der Waals surface area (Å²) in [6.45, 7) is 5.51. The minimum atomic E-state index is -0.192. The third-order valence-corrected chi connectivity index (χ3v) is 1.63. The van der Waals surface area contributed by atoms with Gasteiger partial charge < -0.3 is 0 Å². The molecule has 0 saturated carbocycles. The Labute approximate surface area is 72.0 Å². The summed E-state index contributed by atoms with van der Waals surface area (Å²) in [6, 6.07) is -0.192. The fourth-order valence-corrected chi connectivity index (χ4v) is 0.988. The number of Topliss-reactive ketones (excluding diaryl/α,β-unsaturated/α-hetero) is 1. The minimum absolute atomic E-state index is 0.106. The Balaban J connectivity index is 3.80. The van der Waals surface area contributed by atoms with Gasteiger partial charge in [-0.25, -0.2) is 4.28 Å². The van der Waals surface area contributed by atoms with Crippen LogP contribution in [0.3, 0.4) is 0 Å². The molecule has 0 aliphatic heterocycles. The number of ketones is 1. The molecule has 0 fully saturated rings. The highest BCUT2D eigenvalue weighted by Crippen LogP contribution is 2.04. The predicted octanol–water partition coefficient (Wildman–Crippen LogP) is 1.40. The predicted molar refractivity (Wildman–Crippen MR) is 47.0 cm³/mol. The van der Waals surface area contributed by atoms with Gasteiger partial charge in [0.1, 0.15) is 5.78 Å². The lowest BCUT2D eigenvalue weighted by molar-refractivity contribution is -0.121. The molecule has 11 heavy (non-hydrogen) atoms. The Morgan fingerprint density at radius 1 is 1.55 bits per heavy atom. The van der Waals surface area contributed by atoms with Crippen LogP contribution in [0.4, 0.5) is 0 Å². The highest BCUT2D eigenvalue weighted by Gasteiger charge is 2.17. The van der Waals surface area contributed by atoms with Gasteiger partial charge >= 0.3 is 0 Å². The van der Waals surface area contributed by atoms with Crippen LogP contribution in [0.5, 0.6) is 0 Å². The van der Waals surface area contributed by atoms with Crippen molar-refractivity contribution in [3.05, 3.63) is 0 Å². The number of carbonyl (C=O) groups excluding carboxylic acids is 1. The Hall–Kier alpha value is -0.0600. The second-order valence-corrected chi connectivity index (χ2v) is 3.20. The molecule has 3 nitrogen and oxygen atoms in total. The molecular formula is C7H15NO2S. The molecular weight excluding hydrogens is 162 g/mol. The van der Waals surface area contributed by atoms with Crippen LogP contribution in [-0.4, -0.2) is 18.1 Å². The number of nitrogens with one attached hydrogen (secondary N) is 1. The summed E-state index contributed by atoms with van der Waals surface area (Å²) >= 11 is 1.20. The van der Waals surface area contributed by atoms with Gasteiger partial charge in [-0.15, -0.1) is 0 Å². The van der Waals surface area contributed by atoms with Gasteiger partial charge in [-0.1, -0.05) is 13.8 Å². The van der Waals surface area contributed by atoms with Gasteiger partial charge in [0.25, 0.3) is 0 Å². The van der Waals surface area contributed by atoms with E-state index >= 15 is 0 Å². The maximum atomic E-state index is 10.9. The van der Waals surface area contributed by atoms with E-state index in [-0.39, 0.29) is 17.7 Å². The molecule has 0 heterocycles. The van der Waals surface area contributed by atoms with Crippen molar-refractivity contribution in [2.24, 2.45) is 5.92 Å². The number of rotatable bonds is 5. The summed E-state index contributed by atoms with van der Waals surface area (Å²) in [5.41, 5.74) is 2.68. The van der Waals surface area contributed by atoms with Crippen LogP contribution in [0, 0.1) is 5.92 Å². The molecule has 0 saturated heterocycles. The minimum Gasteiger partial charge on any atom is -0.298 e. The quantitative estimate of drug-likeness (QED) is 0.509. The highest BCUT2D eigenvalue weighted by molar-refractivity contribution is 7.93. The summed E-state index contributed by atoms with van der Waals surface area (Å²) in [6.07, 6.45) is 1.80. The van der Waals surface area contributed by atoms with Crippen LogP contribution in [0.15, 0.2) is 0 Å². The van der Waals surface area contributed by atoms with Crippen LogP contribution in [0.1, 0.15) is 20.8 Å². The van der Waals surface area contributed by atoms with Gasteiger partial charge in [-0.05, 0) is 12.8 Å². The molecule has 0 rings (SSSR count). The van der Waals surface area contributed by atoms with Crippen molar-refractivity contribution in [2.75, 3.05) is 6.26 Å². The molecule has 0 aromatic rings. The molecule has 66 valence electrons. The van der Waals surface area contributed by atoms with E-state index in [4.69, 9.17) is 4.28 Å². The molecule has 0 aromatic carbocycles. The summed E-state index contributed by atoms with van der Waals surface area (Å²) in [5, 5.41) is 0. The molecule has 0 amide bonds. The van der Waals surface area contributed by atoms with Crippen molar-refractivity contribution >= 4 is 17.8 Å². The van der Waals surface area contributed by atoms with E-state index in [1.165, 1.54) is 12.0 Å². The Morgan fingerprint density at radius 3 is 2.36 bits per heavy atom. The van der Waals surface area contributed by atoms with Crippen molar-refractivity contribution < 1.29 is 9.08 Å². The smallest absolute Gasteiger partial charge is 0.149 e. The van der Waals surface area contributed by atoms with Gasteiger partial charge in [-0.2, -0.15) is 5.48 Å². The molecule has 1 atom stereocenters.